The summed E-state index contributed by atoms with van der Waals surface area (Å²) < 4.78 is 5.66. The topological polar surface area (TPSA) is 78.9 Å². The number of carbonyl (C=O) groups is 2. The summed E-state index contributed by atoms with van der Waals surface area (Å²) in [6, 6.07) is 13.1. The molecule has 1 aliphatic heterocycles. The minimum atomic E-state index is -0.621. The molecule has 28 heavy (non-hydrogen) atoms. The molecule has 1 unspecified atom stereocenters. The molecule has 2 amide bonds. The summed E-state index contributed by atoms with van der Waals surface area (Å²) in [6.07, 6.45) is 0.762. The zero-order chi connectivity index (χ0) is 20.1. The van der Waals surface area contributed by atoms with E-state index in [2.05, 4.69) is 5.32 Å². The zero-order valence-electron chi connectivity index (χ0n) is 15.6. The van der Waals surface area contributed by atoms with Crippen LogP contribution < -0.4 is 10.1 Å². The van der Waals surface area contributed by atoms with Crippen LogP contribution in [-0.4, -0.2) is 47.1 Å². The van der Waals surface area contributed by atoms with Gasteiger partial charge in [-0.05, 0) is 68.3 Å². The van der Waals surface area contributed by atoms with Gasteiger partial charge in [-0.3, -0.25) is 9.59 Å². The number of amides is 2. The maximum atomic E-state index is 12.6. The van der Waals surface area contributed by atoms with Gasteiger partial charge in [-0.25, -0.2) is 0 Å². The van der Waals surface area contributed by atoms with Crippen molar-refractivity contribution >= 4 is 23.4 Å². The highest BCUT2D eigenvalue weighted by atomic mass is 35.5. The first-order chi connectivity index (χ1) is 13.4. The molecular weight excluding hydrogens is 380 g/mol. The number of carbonyl (C=O) groups excluding carboxylic acids is 2. The van der Waals surface area contributed by atoms with Crippen molar-refractivity contribution in [3.63, 3.8) is 0 Å². The molecule has 1 saturated heterocycles. The van der Waals surface area contributed by atoms with Gasteiger partial charge in [0.2, 0.25) is 0 Å². The average Bonchev–Trinajstić information content (AvgIpc) is 2.70. The van der Waals surface area contributed by atoms with Crippen LogP contribution in [0.1, 0.15) is 30.1 Å². The van der Waals surface area contributed by atoms with E-state index < -0.39 is 6.10 Å². The van der Waals surface area contributed by atoms with Crippen molar-refractivity contribution in [2.75, 3.05) is 13.1 Å². The van der Waals surface area contributed by atoms with E-state index in [9.17, 15) is 14.7 Å². The molecule has 0 aromatic heterocycles. The van der Waals surface area contributed by atoms with Crippen molar-refractivity contribution in [1.29, 1.82) is 0 Å². The molecule has 148 valence electrons. The second-order valence-corrected chi connectivity index (χ2v) is 7.27. The zero-order valence-corrected chi connectivity index (χ0v) is 16.4. The lowest BCUT2D eigenvalue weighted by molar-refractivity contribution is -0.139. The van der Waals surface area contributed by atoms with E-state index in [0.29, 0.717) is 42.3 Å². The van der Waals surface area contributed by atoms with Gasteiger partial charge in [0.1, 0.15) is 11.5 Å². The molecule has 2 aromatic carbocycles. The van der Waals surface area contributed by atoms with Crippen molar-refractivity contribution < 1.29 is 19.4 Å². The number of phenolic OH excluding ortho intramolecular Hbond substituents is 1. The molecule has 1 fully saturated rings. The van der Waals surface area contributed by atoms with Crippen LogP contribution in [-0.2, 0) is 4.79 Å². The summed E-state index contributed by atoms with van der Waals surface area (Å²) in [5, 5.41) is 12.9. The van der Waals surface area contributed by atoms with Crippen LogP contribution in [0, 0.1) is 0 Å². The van der Waals surface area contributed by atoms with Gasteiger partial charge in [0.25, 0.3) is 11.8 Å². The van der Waals surface area contributed by atoms with Crippen molar-refractivity contribution in [3.8, 4) is 11.5 Å². The lowest BCUT2D eigenvalue weighted by Crippen LogP contribution is -2.49. The molecular formula is C21H23ClN2O4. The van der Waals surface area contributed by atoms with E-state index in [-0.39, 0.29) is 23.6 Å². The van der Waals surface area contributed by atoms with Crippen molar-refractivity contribution in [3.05, 3.63) is 59.1 Å². The number of likely N-dealkylation sites (tertiary alicyclic amines) is 1. The van der Waals surface area contributed by atoms with Crippen LogP contribution >= 0.6 is 11.6 Å². The fourth-order valence-electron chi connectivity index (χ4n) is 3.15. The molecule has 7 heteroatoms. The Morgan fingerprint density at radius 1 is 1.11 bits per heavy atom. The molecule has 0 spiro atoms. The van der Waals surface area contributed by atoms with Crippen LogP contribution in [0.3, 0.4) is 0 Å². The number of rotatable bonds is 5. The molecule has 2 aromatic rings. The van der Waals surface area contributed by atoms with E-state index in [1.807, 2.05) is 0 Å². The number of ether oxygens (including phenoxy) is 1. The highest BCUT2D eigenvalue weighted by Gasteiger charge is 2.27. The number of hydrogen-bond acceptors (Lipinski definition) is 4. The molecule has 0 bridgehead atoms. The Bertz CT molecular complexity index is 815. The number of piperidine rings is 1. The Kier molecular flexibility index (Phi) is 6.41. The minimum absolute atomic E-state index is 0.0283. The standard InChI is InChI=1S/C21H23ClN2O4/c1-14(28-19-8-6-18(25)7-9-19)21(27)24-12-10-17(11-13-24)23-20(26)15-2-4-16(22)5-3-15/h2-9,14,17,25H,10-13H2,1H3,(H,23,26). The normalized spacial score (nSPS) is 15.7. The summed E-state index contributed by atoms with van der Waals surface area (Å²) in [5.41, 5.74) is 0.568. The summed E-state index contributed by atoms with van der Waals surface area (Å²) in [4.78, 5) is 26.7. The molecule has 1 atom stereocenters. The second-order valence-electron chi connectivity index (χ2n) is 6.83. The molecule has 1 aliphatic rings. The highest BCUT2D eigenvalue weighted by molar-refractivity contribution is 6.30. The van der Waals surface area contributed by atoms with Gasteiger partial charge in [0.05, 0.1) is 0 Å². The van der Waals surface area contributed by atoms with E-state index in [1.54, 1.807) is 48.2 Å². The van der Waals surface area contributed by atoms with Crippen LogP contribution in [0.5, 0.6) is 11.5 Å². The quantitative estimate of drug-likeness (QED) is 0.804. The summed E-state index contributed by atoms with van der Waals surface area (Å²) in [5.74, 6) is 0.457. The second kappa shape index (κ2) is 8.97. The van der Waals surface area contributed by atoms with Crippen molar-refractivity contribution in [1.82, 2.24) is 10.2 Å². The summed E-state index contributed by atoms with van der Waals surface area (Å²) in [6.45, 7) is 2.84. The van der Waals surface area contributed by atoms with Gasteiger partial charge in [0.15, 0.2) is 6.10 Å². The smallest absolute Gasteiger partial charge is 0.263 e. The molecule has 6 nitrogen and oxygen atoms in total. The van der Waals surface area contributed by atoms with Gasteiger partial charge in [-0.1, -0.05) is 11.6 Å². The summed E-state index contributed by atoms with van der Waals surface area (Å²) in [7, 11) is 0. The third-order valence-corrected chi connectivity index (χ3v) is 5.00. The van der Waals surface area contributed by atoms with Gasteiger partial charge < -0.3 is 20.1 Å². The first-order valence-electron chi connectivity index (χ1n) is 9.23. The van der Waals surface area contributed by atoms with Gasteiger partial charge in [-0.15, -0.1) is 0 Å². The van der Waals surface area contributed by atoms with Crippen LogP contribution in [0.4, 0.5) is 0 Å². The largest absolute Gasteiger partial charge is 0.508 e. The third-order valence-electron chi connectivity index (χ3n) is 4.75. The van der Waals surface area contributed by atoms with Gasteiger partial charge in [0, 0.05) is 29.7 Å². The number of hydrogen-bond donors (Lipinski definition) is 2. The Balaban J connectivity index is 1.47. The Labute approximate surface area is 169 Å². The van der Waals surface area contributed by atoms with Gasteiger partial charge >= 0.3 is 0 Å². The van der Waals surface area contributed by atoms with E-state index in [0.717, 1.165) is 0 Å². The SMILES string of the molecule is CC(Oc1ccc(O)cc1)C(=O)N1CCC(NC(=O)c2ccc(Cl)cc2)CC1. The van der Waals surface area contributed by atoms with E-state index >= 15 is 0 Å². The molecule has 0 radical (unpaired) electrons. The first-order valence-corrected chi connectivity index (χ1v) is 9.61. The monoisotopic (exact) mass is 402 g/mol. The summed E-state index contributed by atoms with van der Waals surface area (Å²) >= 11 is 5.85. The molecule has 0 saturated carbocycles. The third kappa shape index (κ3) is 5.16. The number of halogens is 1. The van der Waals surface area contributed by atoms with E-state index in [1.165, 1.54) is 12.1 Å². The predicted octanol–water partition coefficient (Wildman–Crippen LogP) is 3.23. The number of nitrogens with one attached hydrogen (secondary N) is 1. The van der Waals surface area contributed by atoms with E-state index in [4.69, 9.17) is 16.3 Å². The predicted molar refractivity (Wildman–Crippen MR) is 107 cm³/mol. The highest BCUT2D eigenvalue weighted by Crippen LogP contribution is 2.19. The molecule has 0 aliphatic carbocycles. The average molecular weight is 403 g/mol. The lowest BCUT2D eigenvalue weighted by Gasteiger charge is -2.33. The fourth-order valence-corrected chi connectivity index (χ4v) is 3.28. The number of nitrogens with zero attached hydrogens (tertiary/aromatic N) is 1. The maximum absolute atomic E-state index is 12.6. The number of aromatic hydroxyl groups is 1. The van der Waals surface area contributed by atoms with Crippen molar-refractivity contribution in [2.45, 2.75) is 31.9 Å². The Morgan fingerprint density at radius 2 is 1.71 bits per heavy atom. The Hall–Kier alpha value is -2.73. The minimum Gasteiger partial charge on any atom is -0.508 e. The van der Waals surface area contributed by atoms with Crippen LogP contribution in [0.15, 0.2) is 48.5 Å². The van der Waals surface area contributed by atoms with Gasteiger partial charge in [-0.2, -0.15) is 0 Å². The number of phenols is 1. The maximum Gasteiger partial charge on any atom is 0.263 e. The molecule has 1 heterocycles. The number of benzene rings is 2. The molecule has 3 rings (SSSR count). The first kappa shape index (κ1) is 20.0. The lowest BCUT2D eigenvalue weighted by atomic mass is 10.0. The Morgan fingerprint density at radius 3 is 2.32 bits per heavy atom. The van der Waals surface area contributed by atoms with Crippen molar-refractivity contribution in [2.24, 2.45) is 0 Å². The van der Waals surface area contributed by atoms with Crippen LogP contribution in [0.2, 0.25) is 5.02 Å². The molecule has 2 N–H and O–H groups in total. The van der Waals surface area contributed by atoms with Crippen LogP contribution in [0.25, 0.3) is 0 Å². The fraction of sp³-hybridized carbons (Fsp3) is 0.333.